The molecule has 6 rings (SSSR count). The number of esters is 1. The molecule has 0 saturated heterocycles. The van der Waals surface area contributed by atoms with Crippen molar-refractivity contribution < 1.29 is 32.2 Å². The van der Waals surface area contributed by atoms with Crippen LogP contribution in [0.1, 0.15) is 45.7 Å². The number of rotatable bonds is 11. The van der Waals surface area contributed by atoms with Crippen molar-refractivity contribution in [2.75, 3.05) is 20.9 Å². The van der Waals surface area contributed by atoms with Gasteiger partial charge in [-0.05, 0) is 66.9 Å². The number of methoxy groups -OCH3 is 2. The maximum absolute atomic E-state index is 15.6. The normalized spacial score (nSPS) is 13.3. The van der Waals surface area contributed by atoms with E-state index in [1.807, 2.05) is 0 Å². The molecule has 2 heterocycles. The maximum atomic E-state index is 15.6. The Balaban J connectivity index is 1.27. The van der Waals surface area contributed by atoms with Crippen molar-refractivity contribution in [1.82, 2.24) is 14.5 Å². The highest BCUT2D eigenvalue weighted by Crippen LogP contribution is 2.48. The van der Waals surface area contributed by atoms with E-state index in [2.05, 4.69) is 16.0 Å². The number of carbonyl (C=O) groups is 1. The van der Waals surface area contributed by atoms with Crippen LogP contribution >= 0.6 is 0 Å². The largest absolute Gasteiger partial charge is 0.496 e. The number of nitriles is 1. The number of carbonyl (C=O) groups excluding carboxylic acids is 1. The number of ether oxygens (including phenoxy) is 3. The molecule has 1 fully saturated rings. The highest BCUT2D eigenvalue weighted by Gasteiger charge is 2.44. The van der Waals surface area contributed by atoms with Crippen LogP contribution in [-0.4, -0.2) is 41.4 Å². The monoisotopic (exact) mass is 626 g/mol. The van der Waals surface area contributed by atoms with Crippen molar-refractivity contribution in [2.45, 2.75) is 32.4 Å². The first-order valence-electron chi connectivity index (χ1n) is 14.5. The first-order valence-corrected chi connectivity index (χ1v) is 14.5. The van der Waals surface area contributed by atoms with Crippen LogP contribution in [0.2, 0.25) is 0 Å². The minimum atomic E-state index is -0.687. The van der Waals surface area contributed by atoms with Crippen molar-refractivity contribution in [3.8, 4) is 29.0 Å². The number of imidazole rings is 1. The molecule has 3 aromatic carbocycles. The molecule has 0 bridgehead atoms. The van der Waals surface area contributed by atoms with Gasteiger partial charge in [-0.15, -0.1) is 0 Å². The van der Waals surface area contributed by atoms with Gasteiger partial charge in [-0.2, -0.15) is 5.26 Å². The number of benzene rings is 3. The van der Waals surface area contributed by atoms with Gasteiger partial charge in [0.05, 0.1) is 54.8 Å². The fourth-order valence-corrected chi connectivity index (χ4v) is 5.40. The van der Waals surface area contributed by atoms with E-state index in [9.17, 15) is 9.18 Å². The van der Waals surface area contributed by atoms with E-state index >= 15 is 8.78 Å². The van der Waals surface area contributed by atoms with E-state index in [0.29, 0.717) is 58.7 Å². The predicted molar refractivity (Wildman–Crippen MR) is 163 cm³/mol. The van der Waals surface area contributed by atoms with Crippen LogP contribution < -0.4 is 9.47 Å². The summed E-state index contributed by atoms with van der Waals surface area (Å²) in [6.07, 6.45) is 1.35. The molecule has 0 aliphatic heterocycles. The number of alkyl halides is 1. The number of hydrogen-bond acceptors (Lipinski definition) is 7. The number of hydrogen-bond donors (Lipinski definition) is 0. The van der Waals surface area contributed by atoms with Gasteiger partial charge >= 0.3 is 5.97 Å². The van der Waals surface area contributed by atoms with Gasteiger partial charge in [-0.1, -0.05) is 12.1 Å². The Labute approximate surface area is 263 Å². The molecule has 46 heavy (non-hydrogen) atoms. The van der Waals surface area contributed by atoms with Gasteiger partial charge in [0, 0.05) is 35.6 Å². The first-order chi connectivity index (χ1) is 22.3. The minimum Gasteiger partial charge on any atom is -0.496 e. The summed E-state index contributed by atoms with van der Waals surface area (Å²) in [4.78, 5) is 21.2. The third-order valence-corrected chi connectivity index (χ3v) is 8.26. The van der Waals surface area contributed by atoms with E-state index in [4.69, 9.17) is 19.5 Å². The van der Waals surface area contributed by atoms with E-state index in [0.717, 1.165) is 12.1 Å². The quantitative estimate of drug-likeness (QED) is 0.146. The molecule has 0 amide bonds. The third-order valence-electron chi connectivity index (χ3n) is 8.26. The molecule has 11 heteroatoms. The Morgan fingerprint density at radius 3 is 2.54 bits per heavy atom. The van der Waals surface area contributed by atoms with Crippen molar-refractivity contribution in [2.24, 2.45) is 5.41 Å². The SMILES string of the molecule is COC(=O)c1ccc2nc(Cc3cc(F)c(-c4cccc(OCc5ccc(C#N)cc5OC)n4)cc3F)n(CC3(CF)CC3)c2c1. The highest BCUT2D eigenvalue weighted by molar-refractivity contribution is 5.93. The average molecular weight is 627 g/mol. The Kier molecular flexibility index (Phi) is 8.37. The molecule has 0 spiro atoms. The van der Waals surface area contributed by atoms with Gasteiger partial charge in [-0.3, -0.25) is 4.39 Å². The molecule has 1 aliphatic carbocycles. The zero-order chi connectivity index (χ0) is 32.4. The van der Waals surface area contributed by atoms with Crippen molar-refractivity contribution in [1.29, 1.82) is 5.26 Å². The lowest BCUT2D eigenvalue weighted by Crippen LogP contribution is -2.16. The van der Waals surface area contributed by atoms with E-state index < -0.39 is 29.7 Å². The lowest BCUT2D eigenvalue weighted by molar-refractivity contribution is 0.0601. The number of halogens is 3. The first kappa shape index (κ1) is 30.6. The summed E-state index contributed by atoms with van der Waals surface area (Å²) in [6, 6.07) is 18.9. The van der Waals surface area contributed by atoms with E-state index in [1.54, 1.807) is 59.2 Å². The van der Waals surface area contributed by atoms with Crippen LogP contribution in [-0.2, 0) is 24.3 Å². The molecule has 1 saturated carbocycles. The van der Waals surface area contributed by atoms with Gasteiger partial charge in [0.2, 0.25) is 5.88 Å². The molecule has 2 aromatic heterocycles. The molecule has 0 N–H and O–H groups in total. The summed E-state index contributed by atoms with van der Waals surface area (Å²) in [5, 5.41) is 9.12. The Bertz CT molecular complexity index is 2000. The summed E-state index contributed by atoms with van der Waals surface area (Å²) in [5.41, 5.74) is 2.23. The van der Waals surface area contributed by atoms with Gasteiger partial charge < -0.3 is 18.8 Å². The van der Waals surface area contributed by atoms with Gasteiger partial charge in [0.25, 0.3) is 0 Å². The Morgan fingerprint density at radius 2 is 1.83 bits per heavy atom. The summed E-state index contributed by atoms with van der Waals surface area (Å²) in [6.45, 7) is -0.141. The molecule has 8 nitrogen and oxygen atoms in total. The van der Waals surface area contributed by atoms with E-state index in [-0.39, 0.29) is 35.7 Å². The summed E-state index contributed by atoms with van der Waals surface area (Å²) < 4.78 is 62.9. The zero-order valence-corrected chi connectivity index (χ0v) is 25.1. The molecule has 234 valence electrons. The molecule has 5 aromatic rings. The molecular weight excluding hydrogens is 597 g/mol. The Hall–Kier alpha value is -5.37. The summed E-state index contributed by atoms with van der Waals surface area (Å²) >= 11 is 0. The number of fused-ring (bicyclic) bond motifs is 1. The van der Waals surface area contributed by atoms with Crippen LogP contribution in [0.5, 0.6) is 11.6 Å². The number of pyridine rings is 1. The minimum absolute atomic E-state index is 0.0479. The van der Waals surface area contributed by atoms with E-state index in [1.165, 1.54) is 14.2 Å². The molecule has 0 atom stereocenters. The topological polar surface area (TPSA) is 99.3 Å². The van der Waals surface area contributed by atoms with Gasteiger partial charge in [0.1, 0.15) is 29.8 Å². The lowest BCUT2D eigenvalue weighted by Gasteiger charge is -2.16. The predicted octanol–water partition coefficient (Wildman–Crippen LogP) is 6.96. The van der Waals surface area contributed by atoms with Crippen LogP contribution in [0, 0.1) is 28.4 Å². The van der Waals surface area contributed by atoms with Crippen LogP contribution in [0.4, 0.5) is 13.2 Å². The van der Waals surface area contributed by atoms with Crippen LogP contribution in [0.25, 0.3) is 22.3 Å². The number of aromatic nitrogens is 3. The summed E-state index contributed by atoms with van der Waals surface area (Å²) in [5.74, 6) is -0.777. The lowest BCUT2D eigenvalue weighted by atomic mass is 10.0. The second-order valence-corrected chi connectivity index (χ2v) is 11.3. The zero-order valence-electron chi connectivity index (χ0n) is 25.1. The average Bonchev–Trinajstić information content (AvgIpc) is 3.79. The van der Waals surface area contributed by atoms with Crippen molar-refractivity contribution in [3.05, 3.63) is 106 Å². The molecule has 1 aliphatic rings. The molecule has 0 unspecified atom stereocenters. The fourth-order valence-electron chi connectivity index (χ4n) is 5.40. The standard InChI is InChI=1S/C35H29F3N4O4/c1-44-31-12-21(17-39)6-7-23(31)18-46-33-5-3-4-28(41-33)25-16-26(37)24(13-27(25)38)15-32-40-29-9-8-22(34(43)45-2)14-30(29)42(32)20-35(19-36)10-11-35/h3-9,12-14,16H,10-11,15,18-20H2,1-2H3. The van der Waals surface area contributed by atoms with Crippen LogP contribution in [0.3, 0.4) is 0 Å². The third kappa shape index (κ3) is 6.11. The fraction of sp³-hybridized carbons (Fsp3) is 0.257. The highest BCUT2D eigenvalue weighted by atomic mass is 19.1. The maximum Gasteiger partial charge on any atom is 0.337 e. The second-order valence-electron chi connectivity index (χ2n) is 11.3. The van der Waals surface area contributed by atoms with Gasteiger partial charge in [0.15, 0.2) is 0 Å². The smallest absolute Gasteiger partial charge is 0.337 e. The van der Waals surface area contributed by atoms with Gasteiger partial charge in [-0.25, -0.2) is 23.5 Å². The van der Waals surface area contributed by atoms with Crippen LogP contribution in [0.15, 0.2) is 66.7 Å². The second kappa shape index (κ2) is 12.6. The van der Waals surface area contributed by atoms with Crippen molar-refractivity contribution >= 4 is 17.0 Å². The molecular formula is C35H29F3N4O4. The molecule has 0 radical (unpaired) electrons. The van der Waals surface area contributed by atoms with Crippen molar-refractivity contribution in [3.63, 3.8) is 0 Å². The summed E-state index contributed by atoms with van der Waals surface area (Å²) in [7, 11) is 2.77. The Morgan fingerprint density at radius 1 is 1.00 bits per heavy atom. The number of nitrogens with zero attached hydrogens (tertiary/aromatic N) is 4.